The van der Waals surface area contributed by atoms with Crippen molar-refractivity contribution in [2.45, 2.75) is 18.9 Å². The lowest BCUT2D eigenvalue weighted by Gasteiger charge is -2.43. The zero-order valence-corrected chi connectivity index (χ0v) is 12.3. The van der Waals surface area contributed by atoms with Crippen molar-refractivity contribution >= 4 is 23.3 Å². The van der Waals surface area contributed by atoms with Gasteiger partial charge in [0.25, 0.3) is 5.56 Å². The Morgan fingerprint density at radius 2 is 2.19 bits per heavy atom. The molecule has 0 amide bonds. The number of nitrogens with one attached hydrogen (secondary N) is 1. The van der Waals surface area contributed by atoms with Gasteiger partial charge in [-0.2, -0.15) is 0 Å². The minimum absolute atomic E-state index is 0.0576. The summed E-state index contributed by atoms with van der Waals surface area (Å²) >= 11 is 5.28. The summed E-state index contributed by atoms with van der Waals surface area (Å²) in [6, 6.07) is 5.40. The summed E-state index contributed by atoms with van der Waals surface area (Å²) in [5.41, 5.74) is 1.12. The fourth-order valence-electron chi connectivity index (χ4n) is 3.33. The molecule has 0 radical (unpaired) electrons. The van der Waals surface area contributed by atoms with Gasteiger partial charge < -0.3 is 19.9 Å². The minimum Gasteiger partial charge on any atom is -0.480 e. The van der Waals surface area contributed by atoms with E-state index in [1.807, 2.05) is 15.5 Å². The van der Waals surface area contributed by atoms with Gasteiger partial charge in [0.2, 0.25) is 0 Å². The van der Waals surface area contributed by atoms with Crippen LogP contribution >= 0.6 is 12.2 Å². The molecule has 0 aliphatic carbocycles. The molecule has 0 aromatic carbocycles. The molecule has 0 spiro atoms. The highest BCUT2D eigenvalue weighted by molar-refractivity contribution is 7.80. The molecule has 6 nitrogen and oxygen atoms in total. The number of nitrogens with zero attached hydrogens (tertiary/aromatic N) is 2. The maximum absolute atomic E-state index is 11.9. The highest BCUT2D eigenvalue weighted by Crippen LogP contribution is 2.34. The lowest BCUT2D eigenvalue weighted by molar-refractivity contribution is -0.135. The molecule has 0 unspecified atom stereocenters. The smallest absolute Gasteiger partial charge is 0.322 e. The summed E-state index contributed by atoms with van der Waals surface area (Å²) in [5, 5.41) is 12.0. The highest BCUT2D eigenvalue weighted by atomic mass is 32.1. The Bertz CT molecular complexity index is 643. The number of rotatable bonds is 2. The van der Waals surface area contributed by atoms with Crippen LogP contribution in [0.3, 0.4) is 0 Å². The van der Waals surface area contributed by atoms with Gasteiger partial charge in [-0.1, -0.05) is 6.07 Å². The van der Waals surface area contributed by atoms with Crippen LogP contribution in [0.5, 0.6) is 0 Å². The van der Waals surface area contributed by atoms with Crippen molar-refractivity contribution < 1.29 is 9.90 Å². The third-order valence-corrected chi connectivity index (χ3v) is 4.56. The molecule has 112 valence electrons. The molecular formula is C14H17N3O3S. The normalized spacial score (nSPS) is 23.3. The highest BCUT2D eigenvalue weighted by Gasteiger charge is 2.35. The fraction of sp³-hybridized carbons (Fsp3) is 0.500. The maximum atomic E-state index is 11.9. The van der Waals surface area contributed by atoms with Crippen molar-refractivity contribution in [1.82, 2.24) is 14.8 Å². The first kappa shape index (κ1) is 14.1. The fourth-order valence-corrected chi connectivity index (χ4v) is 3.55. The van der Waals surface area contributed by atoms with E-state index in [-0.39, 0.29) is 18.0 Å². The molecule has 1 fully saturated rings. The molecule has 1 aromatic rings. The molecule has 2 bridgehead atoms. The van der Waals surface area contributed by atoms with Gasteiger partial charge in [0.05, 0.1) is 0 Å². The summed E-state index contributed by atoms with van der Waals surface area (Å²) in [5.74, 6) is -0.275. The monoisotopic (exact) mass is 307 g/mol. The van der Waals surface area contributed by atoms with E-state index in [0.717, 1.165) is 25.2 Å². The number of thiocarbonyl (C=S) groups is 1. The molecule has 3 heterocycles. The van der Waals surface area contributed by atoms with E-state index in [4.69, 9.17) is 17.3 Å². The molecule has 2 atom stereocenters. The van der Waals surface area contributed by atoms with Crippen LogP contribution in [0.15, 0.2) is 23.0 Å². The van der Waals surface area contributed by atoms with Crippen LogP contribution in [-0.4, -0.2) is 45.3 Å². The lowest BCUT2D eigenvalue weighted by Crippen LogP contribution is -2.52. The van der Waals surface area contributed by atoms with Gasteiger partial charge in [0.1, 0.15) is 6.54 Å². The van der Waals surface area contributed by atoms with E-state index >= 15 is 0 Å². The molecule has 1 aromatic heterocycles. The van der Waals surface area contributed by atoms with E-state index in [0.29, 0.717) is 17.6 Å². The topological polar surface area (TPSA) is 74.6 Å². The van der Waals surface area contributed by atoms with Crippen molar-refractivity contribution in [3.05, 3.63) is 34.2 Å². The van der Waals surface area contributed by atoms with Gasteiger partial charge in [-0.15, -0.1) is 0 Å². The van der Waals surface area contributed by atoms with E-state index in [1.165, 1.54) is 0 Å². The van der Waals surface area contributed by atoms with Crippen LogP contribution in [0.25, 0.3) is 0 Å². The third-order valence-electron chi connectivity index (χ3n) is 4.16. The number of carboxylic acids is 1. The zero-order chi connectivity index (χ0) is 15.0. The van der Waals surface area contributed by atoms with E-state index in [9.17, 15) is 9.59 Å². The van der Waals surface area contributed by atoms with Crippen LogP contribution in [-0.2, 0) is 11.3 Å². The molecule has 7 heteroatoms. The number of fused-ring (bicyclic) bond motifs is 4. The number of pyridine rings is 1. The predicted molar refractivity (Wildman–Crippen MR) is 81.4 cm³/mol. The number of aliphatic carboxylic acids is 1. The number of hydrogen-bond acceptors (Lipinski definition) is 3. The minimum atomic E-state index is -0.925. The quantitative estimate of drug-likeness (QED) is 0.762. The summed E-state index contributed by atoms with van der Waals surface area (Å²) in [4.78, 5) is 24.6. The van der Waals surface area contributed by atoms with Crippen molar-refractivity contribution in [3.63, 3.8) is 0 Å². The predicted octanol–water partition coefficient (Wildman–Crippen LogP) is 0.226. The molecule has 2 aliphatic rings. The Balaban J connectivity index is 1.77. The Hall–Kier alpha value is -1.89. The van der Waals surface area contributed by atoms with Crippen molar-refractivity contribution in [2.75, 3.05) is 19.6 Å². The van der Waals surface area contributed by atoms with Gasteiger partial charge in [0.15, 0.2) is 5.11 Å². The second-order valence-corrected chi connectivity index (χ2v) is 6.04. The van der Waals surface area contributed by atoms with Crippen molar-refractivity contribution in [1.29, 1.82) is 0 Å². The molecule has 2 N–H and O–H groups in total. The second kappa shape index (κ2) is 5.48. The van der Waals surface area contributed by atoms with Crippen LogP contribution in [0.1, 0.15) is 18.0 Å². The standard InChI is InChI=1S/C14H17N3O3S/c18-12-3-1-2-11-10-4-9(7-17(11)12)6-16(8-10)14(21)15-5-13(19)20/h1-3,9-10H,4-8H2,(H,15,21)(H,19,20)/t9-,10+/m0/s1. The molecule has 1 saturated heterocycles. The van der Waals surface area contributed by atoms with Gasteiger partial charge in [-0.3, -0.25) is 9.59 Å². The number of aromatic nitrogens is 1. The van der Waals surface area contributed by atoms with Crippen molar-refractivity contribution in [3.8, 4) is 0 Å². The van der Waals surface area contributed by atoms with Gasteiger partial charge in [0, 0.05) is 37.3 Å². The summed E-state index contributed by atoms with van der Waals surface area (Å²) in [7, 11) is 0. The van der Waals surface area contributed by atoms with E-state index < -0.39 is 5.97 Å². The summed E-state index contributed by atoms with van der Waals surface area (Å²) in [6.45, 7) is 2.04. The molecule has 2 aliphatic heterocycles. The molecule has 21 heavy (non-hydrogen) atoms. The Morgan fingerprint density at radius 1 is 1.38 bits per heavy atom. The van der Waals surface area contributed by atoms with Crippen molar-refractivity contribution in [2.24, 2.45) is 5.92 Å². The number of piperidine rings is 1. The molecule has 0 saturated carbocycles. The molecule has 3 rings (SSSR count). The SMILES string of the molecule is O=C(O)CNC(=S)N1C[C@@H]2C[C@H](C1)c1cccc(=O)n1C2. The Labute approximate surface area is 127 Å². The van der Waals surface area contributed by atoms with Gasteiger partial charge in [-0.25, -0.2) is 0 Å². The zero-order valence-electron chi connectivity index (χ0n) is 11.5. The number of likely N-dealkylation sites (tertiary alicyclic amines) is 1. The van der Waals surface area contributed by atoms with Gasteiger partial charge in [-0.05, 0) is 30.6 Å². The lowest BCUT2D eigenvalue weighted by atomic mass is 9.83. The average Bonchev–Trinajstić information content (AvgIpc) is 2.45. The first-order valence-electron chi connectivity index (χ1n) is 6.99. The van der Waals surface area contributed by atoms with Crippen LogP contribution in [0, 0.1) is 5.92 Å². The number of carboxylic acid groups (broad SMARTS) is 1. The van der Waals surface area contributed by atoms with E-state index in [1.54, 1.807) is 12.1 Å². The van der Waals surface area contributed by atoms with Crippen LogP contribution in [0.4, 0.5) is 0 Å². The average molecular weight is 307 g/mol. The Kier molecular flexibility index (Phi) is 3.67. The largest absolute Gasteiger partial charge is 0.480 e. The van der Waals surface area contributed by atoms with E-state index in [2.05, 4.69) is 5.32 Å². The second-order valence-electron chi connectivity index (χ2n) is 5.66. The molecular weight excluding hydrogens is 290 g/mol. The maximum Gasteiger partial charge on any atom is 0.322 e. The van der Waals surface area contributed by atoms with Crippen LogP contribution < -0.4 is 10.9 Å². The van der Waals surface area contributed by atoms with Crippen LogP contribution in [0.2, 0.25) is 0 Å². The third kappa shape index (κ3) is 2.78. The summed E-state index contributed by atoms with van der Waals surface area (Å²) < 4.78 is 1.86. The summed E-state index contributed by atoms with van der Waals surface area (Å²) in [6.07, 6.45) is 1.06. The first-order chi connectivity index (χ1) is 10.0. The van der Waals surface area contributed by atoms with Gasteiger partial charge >= 0.3 is 5.97 Å². The Morgan fingerprint density at radius 3 is 2.95 bits per heavy atom. The number of hydrogen-bond donors (Lipinski definition) is 2. The first-order valence-corrected chi connectivity index (χ1v) is 7.39. The number of carbonyl (C=O) groups is 1.